The summed E-state index contributed by atoms with van der Waals surface area (Å²) in [5.41, 5.74) is -0.00165. The van der Waals surface area contributed by atoms with E-state index in [-0.39, 0.29) is 18.8 Å². The summed E-state index contributed by atoms with van der Waals surface area (Å²) < 4.78 is 2.01. The standard InChI is InChI=1S/C21H17BrClN3O5/c22-14-7-3-1-6-13(14)11-26-16(9-12-5-2-4-8-15(12)23)25-20(30)18(21(26)31)19(29)24-10-17(27)28/h1-8,30H,9-11H2,(H,24,29)(H,27,28). The lowest BCUT2D eigenvalue weighted by atomic mass is 10.1. The second-order valence-electron chi connectivity index (χ2n) is 6.55. The number of hydrogen-bond acceptors (Lipinski definition) is 5. The van der Waals surface area contributed by atoms with Crippen LogP contribution in [-0.2, 0) is 17.8 Å². The van der Waals surface area contributed by atoms with E-state index < -0.39 is 35.4 Å². The molecular formula is C21H17BrClN3O5. The predicted molar refractivity (Wildman–Crippen MR) is 118 cm³/mol. The molecule has 0 atom stereocenters. The maximum atomic E-state index is 13.2. The lowest BCUT2D eigenvalue weighted by molar-refractivity contribution is -0.135. The van der Waals surface area contributed by atoms with Gasteiger partial charge in [-0.3, -0.25) is 19.0 Å². The zero-order chi connectivity index (χ0) is 22.5. The van der Waals surface area contributed by atoms with E-state index in [1.165, 1.54) is 4.57 Å². The molecule has 0 unspecified atom stereocenters. The minimum absolute atomic E-state index is 0.0620. The summed E-state index contributed by atoms with van der Waals surface area (Å²) in [6.45, 7) is -0.643. The van der Waals surface area contributed by atoms with Crippen molar-refractivity contribution in [3.63, 3.8) is 0 Å². The molecule has 0 aliphatic carbocycles. The Morgan fingerprint density at radius 3 is 2.39 bits per heavy atom. The first kappa shape index (κ1) is 22.5. The molecule has 0 saturated carbocycles. The highest BCUT2D eigenvalue weighted by atomic mass is 79.9. The maximum Gasteiger partial charge on any atom is 0.322 e. The number of halogens is 2. The summed E-state index contributed by atoms with van der Waals surface area (Å²) in [7, 11) is 0. The van der Waals surface area contributed by atoms with Gasteiger partial charge in [0.1, 0.15) is 12.4 Å². The first-order valence-corrected chi connectivity index (χ1v) is 10.2. The molecule has 0 bridgehead atoms. The van der Waals surface area contributed by atoms with Crippen LogP contribution in [0.4, 0.5) is 0 Å². The SMILES string of the molecule is O=C(O)CNC(=O)c1c(O)nc(Cc2ccccc2Cl)n(Cc2ccccc2Br)c1=O. The van der Waals surface area contributed by atoms with Crippen molar-refractivity contribution in [3.05, 3.63) is 90.9 Å². The molecule has 3 N–H and O–H groups in total. The highest BCUT2D eigenvalue weighted by molar-refractivity contribution is 9.10. The molecule has 1 amide bonds. The monoisotopic (exact) mass is 505 g/mol. The minimum atomic E-state index is -1.29. The van der Waals surface area contributed by atoms with Gasteiger partial charge in [-0.15, -0.1) is 0 Å². The largest absolute Gasteiger partial charge is 0.493 e. The summed E-state index contributed by atoms with van der Waals surface area (Å²) in [5.74, 6) is -2.90. The number of carbonyl (C=O) groups excluding carboxylic acids is 1. The second kappa shape index (κ2) is 9.76. The highest BCUT2D eigenvalue weighted by Crippen LogP contribution is 2.22. The summed E-state index contributed by atoms with van der Waals surface area (Å²) in [6.07, 6.45) is 0.129. The summed E-state index contributed by atoms with van der Waals surface area (Å²) in [6, 6.07) is 14.2. The van der Waals surface area contributed by atoms with Gasteiger partial charge < -0.3 is 15.5 Å². The maximum absolute atomic E-state index is 13.2. The van der Waals surface area contributed by atoms with Gasteiger partial charge in [0.05, 0.1) is 6.54 Å². The molecule has 0 radical (unpaired) electrons. The first-order valence-electron chi connectivity index (χ1n) is 9.07. The van der Waals surface area contributed by atoms with Crippen LogP contribution in [0.25, 0.3) is 0 Å². The van der Waals surface area contributed by atoms with Crippen LogP contribution in [0.5, 0.6) is 5.88 Å². The molecule has 8 nitrogen and oxygen atoms in total. The van der Waals surface area contributed by atoms with Crippen molar-refractivity contribution in [1.29, 1.82) is 0 Å². The van der Waals surface area contributed by atoms with Crippen LogP contribution < -0.4 is 10.9 Å². The lowest BCUT2D eigenvalue weighted by Crippen LogP contribution is -2.37. The van der Waals surface area contributed by atoms with E-state index in [0.717, 1.165) is 10.0 Å². The quantitative estimate of drug-likeness (QED) is 0.453. The zero-order valence-electron chi connectivity index (χ0n) is 16.0. The van der Waals surface area contributed by atoms with Crippen molar-refractivity contribution in [2.75, 3.05) is 6.54 Å². The molecular weight excluding hydrogens is 490 g/mol. The molecule has 0 spiro atoms. The van der Waals surface area contributed by atoms with Gasteiger partial charge in [-0.1, -0.05) is 63.9 Å². The lowest BCUT2D eigenvalue weighted by Gasteiger charge is -2.16. The molecule has 31 heavy (non-hydrogen) atoms. The average molecular weight is 507 g/mol. The van der Waals surface area contributed by atoms with E-state index in [1.54, 1.807) is 36.4 Å². The molecule has 3 rings (SSSR count). The van der Waals surface area contributed by atoms with Crippen LogP contribution in [0, 0.1) is 0 Å². The summed E-state index contributed by atoms with van der Waals surface area (Å²) in [5, 5.41) is 21.6. The number of carboxylic acid groups (broad SMARTS) is 1. The molecule has 1 heterocycles. The number of nitrogens with zero attached hydrogens (tertiary/aromatic N) is 2. The molecule has 1 aromatic heterocycles. The van der Waals surface area contributed by atoms with Gasteiger partial charge in [0.2, 0.25) is 5.88 Å². The topological polar surface area (TPSA) is 122 Å². The number of nitrogens with one attached hydrogen (secondary N) is 1. The van der Waals surface area contributed by atoms with E-state index in [1.807, 2.05) is 12.1 Å². The van der Waals surface area contributed by atoms with Crippen LogP contribution in [0.2, 0.25) is 5.02 Å². The highest BCUT2D eigenvalue weighted by Gasteiger charge is 2.23. The van der Waals surface area contributed by atoms with Gasteiger partial charge >= 0.3 is 5.97 Å². The number of aromatic nitrogens is 2. The van der Waals surface area contributed by atoms with Gasteiger partial charge in [-0.25, -0.2) is 0 Å². The van der Waals surface area contributed by atoms with E-state index in [2.05, 4.69) is 26.2 Å². The van der Waals surface area contributed by atoms with Gasteiger partial charge in [0.15, 0.2) is 5.56 Å². The van der Waals surface area contributed by atoms with Crippen molar-refractivity contribution >= 4 is 39.4 Å². The molecule has 0 saturated heterocycles. The van der Waals surface area contributed by atoms with Crippen LogP contribution in [0.1, 0.15) is 27.3 Å². The average Bonchev–Trinajstić information content (AvgIpc) is 2.72. The Morgan fingerprint density at radius 1 is 1.10 bits per heavy atom. The van der Waals surface area contributed by atoms with Gasteiger partial charge in [0.25, 0.3) is 11.5 Å². The number of carboxylic acids is 1. The van der Waals surface area contributed by atoms with Crippen LogP contribution in [0.15, 0.2) is 57.8 Å². The Balaban J connectivity index is 2.12. The predicted octanol–water partition coefficient (Wildman–Crippen LogP) is 2.82. The van der Waals surface area contributed by atoms with Crippen LogP contribution >= 0.6 is 27.5 Å². The number of benzene rings is 2. The van der Waals surface area contributed by atoms with E-state index >= 15 is 0 Å². The van der Waals surface area contributed by atoms with E-state index in [0.29, 0.717) is 10.6 Å². The Morgan fingerprint density at radius 2 is 1.74 bits per heavy atom. The molecule has 160 valence electrons. The fourth-order valence-electron chi connectivity index (χ4n) is 2.94. The van der Waals surface area contributed by atoms with Crippen molar-refractivity contribution in [2.24, 2.45) is 0 Å². The summed E-state index contributed by atoms with van der Waals surface area (Å²) in [4.78, 5) is 40.4. The van der Waals surface area contributed by atoms with Crippen molar-refractivity contribution in [3.8, 4) is 5.88 Å². The molecule has 10 heteroatoms. The molecule has 0 fully saturated rings. The number of carbonyl (C=O) groups is 2. The van der Waals surface area contributed by atoms with Gasteiger partial charge in [0, 0.05) is 15.9 Å². The number of rotatable bonds is 7. The van der Waals surface area contributed by atoms with Gasteiger partial charge in [-0.2, -0.15) is 4.98 Å². The number of aromatic hydroxyl groups is 1. The number of amides is 1. The number of aliphatic carboxylic acids is 1. The van der Waals surface area contributed by atoms with E-state index in [9.17, 15) is 19.5 Å². The normalized spacial score (nSPS) is 10.6. The fraction of sp³-hybridized carbons (Fsp3) is 0.143. The van der Waals surface area contributed by atoms with E-state index in [4.69, 9.17) is 16.7 Å². The first-order chi connectivity index (χ1) is 14.8. The van der Waals surface area contributed by atoms with Crippen LogP contribution in [-0.4, -0.2) is 38.2 Å². The molecule has 2 aromatic carbocycles. The van der Waals surface area contributed by atoms with Crippen molar-refractivity contribution in [1.82, 2.24) is 14.9 Å². The van der Waals surface area contributed by atoms with Gasteiger partial charge in [-0.05, 0) is 23.3 Å². The molecule has 3 aromatic rings. The third-order valence-corrected chi connectivity index (χ3v) is 5.59. The third kappa shape index (κ3) is 5.31. The zero-order valence-corrected chi connectivity index (χ0v) is 18.4. The minimum Gasteiger partial charge on any atom is -0.493 e. The van der Waals surface area contributed by atoms with Crippen molar-refractivity contribution in [2.45, 2.75) is 13.0 Å². The van der Waals surface area contributed by atoms with Crippen LogP contribution in [0.3, 0.4) is 0 Å². The van der Waals surface area contributed by atoms with Crippen molar-refractivity contribution < 1.29 is 19.8 Å². The Hall–Kier alpha value is -3.17. The molecule has 0 aliphatic heterocycles. The molecule has 0 aliphatic rings. The Labute approximate surface area is 190 Å². The number of hydrogen-bond donors (Lipinski definition) is 3. The Bertz CT molecular complexity index is 1210. The smallest absolute Gasteiger partial charge is 0.322 e. The second-order valence-corrected chi connectivity index (χ2v) is 7.82. The third-order valence-electron chi connectivity index (χ3n) is 4.45. The fourth-order valence-corrected chi connectivity index (χ4v) is 3.55. The summed E-state index contributed by atoms with van der Waals surface area (Å²) >= 11 is 9.67. The Kier molecular flexibility index (Phi) is 7.09.